The molecule has 14 heavy (non-hydrogen) atoms. The predicted octanol–water partition coefficient (Wildman–Crippen LogP) is 1.51. The van der Waals surface area contributed by atoms with E-state index in [1.54, 1.807) is 7.11 Å². The molecule has 0 aliphatic rings. The van der Waals surface area contributed by atoms with Crippen LogP contribution in [0.3, 0.4) is 0 Å². The highest BCUT2D eigenvalue weighted by Crippen LogP contribution is 2.03. The number of rotatable bonds is 8. The first-order chi connectivity index (χ1) is 6.70. The largest absolute Gasteiger partial charge is 0.505 e. The topological polar surface area (TPSA) is 65.0 Å². The van der Waals surface area contributed by atoms with Crippen molar-refractivity contribution >= 4 is 6.16 Å². The van der Waals surface area contributed by atoms with Crippen molar-refractivity contribution in [3.63, 3.8) is 0 Å². The van der Waals surface area contributed by atoms with Crippen molar-refractivity contribution in [3.8, 4) is 0 Å². The van der Waals surface area contributed by atoms with Crippen molar-refractivity contribution < 1.29 is 24.1 Å². The maximum atomic E-state index is 10.0. The minimum atomic E-state index is -1.24. The van der Waals surface area contributed by atoms with Crippen LogP contribution in [0.4, 0.5) is 4.79 Å². The van der Waals surface area contributed by atoms with Crippen LogP contribution in [0.1, 0.15) is 19.8 Å². The van der Waals surface area contributed by atoms with E-state index in [1.165, 1.54) is 0 Å². The Labute approximate surface area is 84.0 Å². The van der Waals surface area contributed by atoms with E-state index in [4.69, 9.17) is 14.6 Å². The minimum Gasteiger partial charge on any atom is -0.450 e. The quantitative estimate of drug-likeness (QED) is 0.481. The molecule has 0 saturated carbocycles. The lowest BCUT2D eigenvalue weighted by molar-refractivity contribution is -0.00111. The van der Waals surface area contributed by atoms with Gasteiger partial charge in [0.05, 0.1) is 25.9 Å². The fraction of sp³-hybridized carbons (Fsp3) is 0.889. The van der Waals surface area contributed by atoms with Crippen molar-refractivity contribution in [1.29, 1.82) is 0 Å². The first-order valence-corrected chi connectivity index (χ1v) is 4.67. The van der Waals surface area contributed by atoms with Gasteiger partial charge >= 0.3 is 6.16 Å². The molecule has 0 spiro atoms. The molecule has 0 rings (SSSR count). The molecule has 0 aliphatic carbocycles. The van der Waals surface area contributed by atoms with Crippen LogP contribution in [-0.4, -0.2) is 44.3 Å². The zero-order valence-electron chi connectivity index (χ0n) is 8.69. The van der Waals surface area contributed by atoms with Crippen LogP contribution < -0.4 is 0 Å². The van der Waals surface area contributed by atoms with E-state index < -0.39 is 6.16 Å². The number of hydrogen-bond donors (Lipinski definition) is 1. The van der Waals surface area contributed by atoms with Crippen LogP contribution in [0, 0.1) is 0 Å². The molecule has 0 aromatic heterocycles. The van der Waals surface area contributed by atoms with Gasteiger partial charge in [-0.2, -0.15) is 0 Å². The Balaban J connectivity index is 3.42. The summed E-state index contributed by atoms with van der Waals surface area (Å²) in [4.78, 5) is 10.0. The third-order valence-electron chi connectivity index (χ3n) is 1.76. The Morgan fingerprint density at radius 2 is 2.07 bits per heavy atom. The van der Waals surface area contributed by atoms with Gasteiger partial charge in [0.15, 0.2) is 0 Å². The van der Waals surface area contributed by atoms with Gasteiger partial charge in [0.2, 0.25) is 0 Å². The average molecular weight is 206 g/mol. The Kier molecular flexibility index (Phi) is 8.27. The van der Waals surface area contributed by atoms with E-state index >= 15 is 0 Å². The van der Waals surface area contributed by atoms with Crippen molar-refractivity contribution in [2.45, 2.75) is 25.9 Å². The van der Waals surface area contributed by atoms with E-state index in [0.29, 0.717) is 19.6 Å². The van der Waals surface area contributed by atoms with E-state index in [2.05, 4.69) is 4.74 Å². The van der Waals surface area contributed by atoms with E-state index in [1.807, 2.05) is 6.92 Å². The highest BCUT2D eigenvalue weighted by molar-refractivity contribution is 5.56. The summed E-state index contributed by atoms with van der Waals surface area (Å²) in [5, 5.41) is 8.23. The van der Waals surface area contributed by atoms with Gasteiger partial charge in [0, 0.05) is 13.5 Å². The summed E-state index contributed by atoms with van der Waals surface area (Å²) in [6.07, 6.45) is 0.236. The minimum absolute atomic E-state index is 0.0458. The first kappa shape index (κ1) is 13.2. The van der Waals surface area contributed by atoms with Crippen molar-refractivity contribution in [1.82, 2.24) is 0 Å². The number of methoxy groups -OCH3 is 1. The summed E-state index contributed by atoms with van der Waals surface area (Å²) in [5.41, 5.74) is 0. The average Bonchev–Trinajstić information content (AvgIpc) is 2.15. The van der Waals surface area contributed by atoms with Gasteiger partial charge < -0.3 is 19.3 Å². The van der Waals surface area contributed by atoms with Gasteiger partial charge in [-0.05, 0) is 6.42 Å². The maximum Gasteiger partial charge on any atom is 0.505 e. The van der Waals surface area contributed by atoms with Crippen molar-refractivity contribution in [3.05, 3.63) is 0 Å². The Morgan fingerprint density at radius 1 is 1.36 bits per heavy atom. The van der Waals surface area contributed by atoms with Gasteiger partial charge in [-0.1, -0.05) is 6.92 Å². The van der Waals surface area contributed by atoms with E-state index in [9.17, 15) is 4.79 Å². The smallest absolute Gasteiger partial charge is 0.450 e. The Hall–Kier alpha value is -0.810. The molecule has 0 radical (unpaired) electrons. The molecule has 1 unspecified atom stereocenters. The summed E-state index contributed by atoms with van der Waals surface area (Å²) in [5.74, 6) is 0. The van der Waals surface area contributed by atoms with Gasteiger partial charge in [-0.15, -0.1) is 0 Å². The standard InChI is InChI=1S/C9H18O5/c1-3-8(13-7-6-12-2)4-5-14-9(10)11/h8H,3-7H2,1-2H3,(H,10,11). The summed E-state index contributed by atoms with van der Waals surface area (Å²) in [6.45, 7) is 3.25. The molecule has 0 heterocycles. The van der Waals surface area contributed by atoms with Gasteiger partial charge in [-0.3, -0.25) is 0 Å². The second kappa shape index (κ2) is 8.77. The zero-order chi connectivity index (χ0) is 10.8. The molecule has 0 bridgehead atoms. The maximum absolute atomic E-state index is 10.0. The van der Waals surface area contributed by atoms with Crippen LogP contribution in [0.15, 0.2) is 0 Å². The van der Waals surface area contributed by atoms with Gasteiger partial charge in [0.1, 0.15) is 0 Å². The number of ether oxygens (including phenoxy) is 3. The van der Waals surface area contributed by atoms with Crippen LogP contribution in [0.5, 0.6) is 0 Å². The summed E-state index contributed by atoms with van der Waals surface area (Å²) in [6, 6.07) is 0. The van der Waals surface area contributed by atoms with Crippen molar-refractivity contribution in [2.24, 2.45) is 0 Å². The SMILES string of the molecule is CCC(CCOC(=O)O)OCCOC. The number of hydrogen-bond acceptors (Lipinski definition) is 4. The molecule has 0 aromatic rings. The molecular formula is C9H18O5. The lowest BCUT2D eigenvalue weighted by Crippen LogP contribution is -2.18. The fourth-order valence-corrected chi connectivity index (χ4v) is 0.981. The molecular weight excluding hydrogens is 188 g/mol. The van der Waals surface area contributed by atoms with Gasteiger partial charge in [0.25, 0.3) is 0 Å². The lowest BCUT2D eigenvalue weighted by atomic mass is 10.2. The molecule has 5 nitrogen and oxygen atoms in total. The molecule has 0 aliphatic heterocycles. The Morgan fingerprint density at radius 3 is 2.57 bits per heavy atom. The molecule has 0 amide bonds. The number of carboxylic acid groups (broad SMARTS) is 1. The zero-order valence-corrected chi connectivity index (χ0v) is 8.69. The van der Waals surface area contributed by atoms with Gasteiger partial charge in [-0.25, -0.2) is 4.79 Å². The van der Waals surface area contributed by atoms with E-state index in [0.717, 1.165) is 6.42 Å². The lowest BCUT2D eigenvalue weighted by Gasteiger charge is -2.15. The van der Waals surface area contributed by atoms with Crippen LogP contribution in [0.25, 0.3) is 0 Å². The molecule has 84 valence electrons. The van der Waals surface area contributed by atoms with Crippen molar-refractivity contribution in [2.75, 3.05) is 26.9 Å². The summed E-state index contributed by atoms with van der Waals surface area (Å²) in [7, 11) is 1.61. The highest BCUT2D eigenvalue weighted by Gasteiger charge is 2.07. The summed E-state index contributed by atoms with van der Waals surface area (Å²) < 4.78 is 14.6. The molecule has 0 aromatic carbocycles. The van der Waals surface area contributed by atoms with Crippen LogP contribution in [0.2, 0.25) is 0 Å². The highest BCUT2D eigenvalue weighted by atomic mass is 16.7. The van der Waals surface area contributed by atoms with E-state index in [-0.39, 0.29) is 12.7 Å². The van der Waals surface area contributed by atoms with Crippen LogP contribution in [-0.2, 0) is 14.2 Å². The van der Waals surface area contributed by atoms with Crippen LogP contribution >= 0.6 is 0 Å². The predicted molar refractivity (Wildman–Crippen MR) is 50.5 cm³/mol. The fourth-order valence-electron chi connectivity index (χ4n) is 0.981. The molecule has 0 fully saturated rings. The third-order valence-corrected chi connectivity index (χ3v) is 1.76. The molecule has 1 atom stereocenters. The summed E-state index contributed by atoms with van der Waals surface area (Å²) >= 11 is 0. The molecule has 0 saturated heterocycles. The second-order valence-electron chi connectivity index (χ2n) is 2.80. The first-order valence-electron chi connectivity index (χ1n) is 4.67. The second-order valence-corrected chi connectivity index (χ2v) is 2.80. The number of carbonyl (C=O) groups is 1. The normalized spacial score (nSPS) is 12.4. The monoisotopic (exact) mass is 206 g/mol. The molecule has 1 N–H and O–H groups in total. The Bertz CT molecular complexity index is 148. The molecule has 5 heteroatoms. The third kappa shape index (κ3) is 7.82.